The van der Waals surface area contributed by atoms with Gasteiger partial charge in [-0.3, -0.25) is 4.79 Å². The molecule has 5 nitrogen and oxygen atoms in total. The van der Waals surface area contributed by atoms with Crippen molar-refractivity contribution in [3.05, 3.63) is 69.3 Å². The number of anilines is 1. The predicted molar refractivity (Wildman–Crippen MR) is 102 cm³/mol. The Morgan fingerprint density at radius 2 is 2.04 bits per heavy atom. The number of hydrogen-bond donors (Lipinski definition) is 1. The third kappa shape index (κ3) is 4.28. The molecule has 3 rings (SSSR count). The number of benzene rings is 2. The van der Waals surface area contributed by atoms with Crippen LogP contribution in [0.2, 0.25) is 5.02 Å². The highest BCUT2D eigenvalue weighted by molar-refractivity contribution is 6.33. The molecule has 140 valence electrons. The van der Waals surface area contributed by atoms with Crippen LogP contribution < -0.4 is 15.7 Å². The number of carbonyl (C=O) groups excluding carboxylic acids is 1. The number of carbonyl (C=O) groups is 1. The fourth-order valence-electron chi connectivity index (χ4n) is 2.66. The molecular formula is C20H17ClFNO4. The standard InChI is InChI=1S/C20H17ClFNO4/c1-3-12-8-19(24)27-18-10-14(5-6-15(12)18)26-11(2)20(25)23-17-7-4-13(22)9-16(17)21/h4-11H,3H2,1-2H3,(H,23,25)/t11-/m0/s1. The van der Waals surface area contributed by atoms with E-state index in [0.717, 1.165) is 17.0 Å². The Bertz CT molecular complexity index is 1060. The van der Waals surface area contributed by atoms with Crippen LogP contribution in [-0.4, -0.2) is 12.0 Å². The Balaban J connectivity index is 1.77. The van der Waals surface area contributed by atoms with Crippen molar-refractivity contribution in [1.82, 2.24) is 0 Å². The summed E-state index contributed by atoms with van der Waals surface area (Å²) < 4.78 is 24.0. The molecular weight excluding hydrogens is 373 g/mol. The molecule has 1 amide bonds. The largest absolute Gasteiger partial charge is 0.481 e. The topological polar surface area (TPSA) is 68.5 Å². The van der Waals surface area contributed by atoms with Crippen molar-refractivity contribution in [3.63, 3.8) is 0 Å². The van der Waals surface area contributed by atoms with Crippen LogP contribution >= 0.6 is 11.6 Å². The minimum atomic E-state index is -0.857. The number of nitrogens with one attached hydrogen (secondary N) is 1. The van der Waals surface area contributed by atoms with Gasteiger partial charge in [-0.2, -0.15) is 0 Å². The Morgan fingerprint density at radius 3 is 2.74 bits per heavy atom. The SMILES string of the molecule is CCc1cc(=O)oc2cc(O[C@@H](C)C(=O)Nc3ccc(F)cc3Cl)ccc12. The van der Waals surface area contributed by atoms with Crippen molar-refractivity contribution in [2.45, 2.75) is 26.4 Å². The van der Waals surface area contributed by atoms with Crippen molar-refractivity contribution < 1.29 is 18.3 Å². The van der Waals surface area contributed by atoms with Gasteiger partial charge < -0.3 is 14.5 Å². The molecule has 0 aliphatic heterocycles. The van der Waals surface area contributed by atoms with Crippen LogP contribution in [0.1, 0.15) is 19.4 Å². The van der Waals surface area contributed by atoms with Crippen molar-refractivity contribution in [2.75, 3.05) is 5.32 Å². The number of rotatable bonds is 5. The predicted octanol–water partition coefficient (Wildman–Crippen LogP) is 4.55. The molecule has 1 heterocycles. The Morgan fingerprint density at radius 1 is 1.26 bits per heavy atom. The van der Waals surface area contributed by atoms with Crippen LogP contribution in [0.15, 0.2) is 51.7 Å². The number of amides is 1. The second kappa shape index (κ2) is 7.80. The van der Waals surface area contributed by atoms with Crippen LogP contribution in [0.25, 0.3) is 11.0 Å². The summed E-state index contributed by atoms with van der Waals surface area (Å²) in [5.74, 6) is -0.564. The summed E-state index contributed by atoms with van der Waals surface area (Å²) in [4.78, 5) is 24.0. The first-order valence-electron chi connectivity index (χ1n) is 8.36. The molecule has 3 aromatic rings. The average Bonchev–Trinajstić information content (AvgIpc) is 2.62. The lowest BCUT2D eigenvalue weighted by Gasteiger charge is -2.16. The van der Waals surface area contributed by atoms with E-state index in [0.29, 0.717) is 17.8 Å². The molecule has 0 radical (unpaired) electrons. The van der Waals surface area contributed by atoms with E-state index < -0.39 is 23.5 Å². The maximum absolute atomic E-state index is 13.1. The number of halogens is 2. The van der Waals surface area contributed by atoms with Crippen molar-refractivity contribution in [3.8, 4) is 5.75 Å². The summed E-state index contributed by atoms with van der Waals surface area (Å²) in [6.07, 6.45) is -0.163. The monoisotopic (exact) mass is 389 g/mol. The van der Waals surface area contributed by atoms with Gasteiger partial charge in [0, 0.05) is 17.5 Å². The number of aryl methyl sites for hydroxylation is 1. The van der Waals surface area contributed by atoms with E-state index in [2.05, 4.69) is 5.32 Å². The zero-order valence-electron chi connectivity index (χ0n) is 14.7. The third-order valence-electron chi connectivity index (χ3n) is 4.05. The molecule has 0 bridgehead atoms. The van der Waals surface area contributed by atoms with E-state index in [1.807, 2.05) is 6.92 Å². The molecule has 7 heteroatoms. The molecule has 0 aliphatic rings. The maximum atomic E-state index is 13.1. The second-order valence-corrected chi connectivity index (χ2v) is 6.38. The first-order chi connectivity index (χ1) is 12.9. The van der Waals surface area contributed by atoms with Gasteiger partial charge in [0.25, 0.3) is 5.91 Å². The molecule has 1 atom stereocenters. The van der Waals surface area contributed by atoms with E-state index in [1.54, 1.807) is 25.1 Å². The lowest BCUT2D eigenvalue weighted by atomic mass is 10.1. The van der Waals surface area contributed by atoms with Crippen LogP contribution in [0.4, 0.5) is 10.1 Å². The normalized spacial score (nSPS) is 12.0. The first kappa shape index (κ1) is 18.9. The lowest BCUT2D eigenvalue weighted by Crippen LogP contribution is -2.30. The molecule has 27 heavy (non-hydrogen) atoms. The maximum Gasteiger partial charge on any atom is 0.336 e. The fraction of sp³-hybridized carbons (Fsp3) is 0.200. The molecule has 1 aromatic heterocycles. The third-order valence-corrected chi connectivity index (χ3v) is 4.37. The molecule has 0 spiro atoms. The molecule has 1 N–H and O–H groups in total. The Kier molecular flexibility index (Phi) is 5.46. The summed E-state index contributed by atoms with van der Waals surface area (Å²) in [6.45, 7) is 3.52. The van der Waals surface area contributed by atoms with Crippen LogP contribution in [-0.2, 0) is 11.2 Å². The molecule has 0 unspecified atom stereocenters. The minimum absolute atomic E-state index is 0.0927. The van der Waals surface area contributed by atoms with E-state index in [9.17, 15) is 14.0 Å². The summed E-state index contributed by atoms with van der Waals surface area (Å²) in [7, 11) is 0. The molecule has 0 saturated heterocycles. The second-order valence-electron chi connectivity index (χ2n) is 5.98. The highest BCUT2D eigenvalue weighted by atomic mass is 35.5. The van der Waals surface area contributed by atoms with E-state index in [4.69, 9.17) is 20.8 Å². The Labute approximate surface area is 159 Å². The zero-order valence-corrected chi connectivity index (χ0v) is 15.5. The van der Waals surface area contributed by atoms with Gasteiger partial charge in [0.15, 0.2) is 6.10 Å². The fourth-order valence-corrected chi connectivity index (χ4v) is 2.87. The van der Waals surface area contributed by atoms with Gasteiger partial charge in [-0.25, -0.2) is 9.18 Å². The number of fused-ring (bicyclic) bond motifs is 1. The van der Waals surface area contributed by atoms with Crippen molar-refractivity contribution >= 4 is 34.2 Å². The summed E-state index contributed by atoms with van der Waals surface area (Å²) in [5.41, 5.74) is 1.12. The van der Waals surface area contributed by atoms with Gasteiger partial charge in [0.05, 0.1) is 10.7 Å². The average molecular weight is 390 g/mol. The lowest BCUT2D eigenvalue weighted by molar-refractivity contribution is -0.122. The van der Waals surface area contributed by atoms with E-state index in [1.165, 1.54) is 18.2 Å². The van der Waals surface area contributed by atoms with Gasteiger partial charge in [0.1, 0.15) is 17.1 Å². The van der Waals surface area contributed by atoms with Gasteiger partial charge in [0.2, 0.25) is 0 Å². The molecule has 0 saturated carbocycles. The van der Waals surface area contributed by atoms with Gasteiger partial charge >= 0.3 is 5.63 Å². The zero-order chi connectivity index (χ0) is 19.6. The molecule has 0 aliphatic carbocycles. The van der Waals surface area contributed by atoms with E-state index in [-0.39, 0.29) is 10.7 Å². The van der Waals surface area contributed by atoms with Crippen LogP contribution in [0.3, 0.4) is 0 Å². The Hall–Kier alpha value is -2.86. The van der Waals surface area contributed by atoms with Gasteiger partial charge in [-0.15, -0.1) is 0 Å². The van der Waals surface area contributed by atoms with Crippen LogP contribution in [0.5, 0.6) is 5.75 Å². The summed E-state index contributed by atoms with van der Waals surface area (Å²) in [5, 5.41) is 3.50. The van der Waals surface area contributed by atoms with Crippen LogP contribution in [0, 0.1) is 5.82 Å². The highest BCUT2D eigenvalue weighted by Crippen LogP contribution is 2.25. The van der Waals surface area contributed by atoms with E-state index >= 15 is 0 Å². The number of ether oxygens (including phenoxy) is 1. The van der Waals surface area contributed by atoms with Crippen molar-refractivity contribution in [1.29, 1.82) is 0 Å². The molecule has 0 fully saturated rings. The van der Waals surface area contributed by atoms with Crippen molar-refractivity contribution in [2.24, 2.45) is 0 Å². The highest BCUT2D eigenvalue weighted by Gasteiger charge is 2.17. The smallest absolute Gasteiger partial charge is 0.336 e. The molecule has 2 aromatic carbocycles. The first-order valence-corrected chi connectivity index (χ1v) is 8.74. The summed E-state index contributed by atoms with van der Waals surface area (Å²) >= 11 is 5.91. The number of hydrogen-bond acceptors (Lipinski definition) is 4. The van der Waals surface area contributed by atoms with Gasteiger partial charge in [-0.1, -0.05) is 18.5 Å². The quantitative estimate of drug-likeness (QED) is 0.650. The minimum Gasteiger partial charge on any atom is -0.481 e. The summed E-state index contributed by atoms with van der Waals surface area (Å²) in [6, 6.07) is 10.2. The van der Waals surface area contributed by atoms with Gasteiger partial charge in [-0.05, 0) is 49.2 Å².